The third-order valence-corrected chi connectivity index (χ3v) is 4.82. The SMILES string of the molecule is CC(C)c1nnc2n1C[C@H](CNCc1cccc3c1OCO3)CC2. The Morgan fingerprint density at radius 3 is 3.08 bits per heavy atom. The number of nitrogens with zero attached hydrogens (tertiary/aromatic N) is 3. The molecule has 0 radical (unpaired) electrons. The predicted octanol–water partition coefficient (Wildman–Crippen LogP) is 2.48. The summed E-state index contributed by atoms with van der Waals surface area (Å²) >= 11 is 0. The quantitative estimate of drug-likeness (QED) is 0.914. The zero-order valence-electron chi connectivity index (χ0n) is 14.3. The molecule has 2 aliphatic heterocycles. The van der Waals surface area contributed by atoms with Crippen molar-refractivity contribution in [2.75, 3.05) is 13.3 Å². The number of hydrogen-bond acceptors (Lipinski definition) is 5. The number of benzene rings is 1. The molecule has 24 heavy (non-hydrogen) atoms. The lowest BCUT2D eigenvalue weighted by Gasteiger charge is -2.25. The molecule has 6 heteroatoms. The van der Waals surface area contributed by atoms with E-state index in [-0.39, 0.29) is 0 Å². The number of nitrogens with one attached hydrogen (secondary N) is 1. The van der Waals surface area contributed by atoms with Crippen LogP contribution in [-0.2, 0) is 19.5 Å². The minimum atomic E-state index is 0.323. The molecule has 0 saturated heterocycles. The van der Waals surface area contributed by atoms with Crippen molar-refractivity contribution in [3.63, 3.8) is 0 Å². The van der Waals surface area contributed by atoms with Gasteiger partial charge in [0.1, 0.15) is 11.6 Å². The number of aromatic nitrogens is 3. The second kappa shape index (κ2) is 6.43. The summed E-state index contributed by atoms with van der Waals surface area (Å²) in [5.41, 5.74) is 1.16. The van der Waals surface area contributed by atoms with E-state index in [9.17, 15) is 0 Å². The van der Waals surface area contributed by atoms with Gasteiger partial charge in [0, 0.05) is 31.0 Å². The molecule has 128 valence electrons. The van der Waals surface area contributed by atoms with Crippen LogP contribution in [0.25, 0.3) is 0 Å². The maximum absolute atomic E-state index is 5.57. The van der Waals surface area contributed by atoms with Crippen LogP contribution in [0.1, 0.15) is 43.4 Å². The molecule has 6 nitrogen and oxygen atoms in total. The van der Waals surface area contributed by atoms with E-state index < -0.39 is 0 Å². The van der Waals surface area contributed by atoms with Gasteiger partial charge < -0.3 is 19.4 Å². The van der Waals surface area contributed by atoms with E-state index in [2.05, 4.69) is 40.0 Å². The Morgan fingerprint density at radius 1 is 1.29 bits per heavy atom. The Morgan fingerprint density at radius 2 is 2.21 bits per heavy atom. The van der Waals surface area contributed by atoms with Gasteiger partial charge in [0.2, 0.25) is 6.79 Å². The largest absolute Gasteiger partial charge is 0.454 e. The van der Waals surface area contributed by atoms with Crippen molar-refractivity contribution in [2.45, 2.75) is 45.7 Å². The van der Waals surface area contributed by atoms with Crippen LogP contribution in [0.3, 0.4) is 0 Å². The fourth-order valence-electron chi connectivity index (χ4n) is 3.55. The summed E-state index contributed by atoms with van der Waals surface area (Å²) in [4.78, 5) is 0. The lowest BCUT2D eigenvalue weighted by molar-refractivity contribution is 0.173. The summed E-state index contributed by atoms with van der Waals surface area (Å²) < 4.78 is 13.3. The minimum absolute atomic E-state index is 0.323. The highest BCUT2D eigenvalue weighted by atomic mass is 16.7. The zero-order valence-corrected chi connectivity index (χ0v) is 14.3. The molecule has 2 aromatic rings. The number of ether oxygens (including phenoxy) is 2. The summed E-state index contributed by atoms with van der Waals surface area (Å²) in [6.45, 7) is 7.47. The summed E-state index contributed by atoms with van der Waals surface area (Å²) in [5.74, 6) is 5.02. The number of para-hydroxylation sites is 1. The molecule has 0 bridgehead atoms. The number of fused-ring (bicyclic) bond motifs is 2. The lowest BCUT2D eigenvalue weighted by atomic mass is 9.98. The van der Waals surface area contributed by atoms with Crippen molar-refractivity contribution >= 4 is 0 Å². The predicted molar refractivity (Wildman–Crippen MR) is 90.2 cm³/mol. The third kappa shape index (κ3) is 2.86. The van der Waals surface area contributed by atoms with Gasteiger partial charge in [0.15, 0.2) is 11.5 Å². The van der Waals surface area contributed by atoms with Crippen LogP contribution in [0.5, 0.6) is 11.5 Å². The molecule has 0 amide bonds. The molecule has 1 N–H and O–H groups in total. The van der Waals surface area contributed by atoms with Crippen molar-refractivity contribution in [1.29, 1.82) is 0 Å². The van der Waals surface area contributed by atoms with Gasteiger partial charge in [0.25, 0.3) is 0 Å². The first kappa shape index (κ1) is 15.4. The average Bonchev–Trinajstić information content (AvgIpc) is 3.21. The first-order valence-electron chi connectivity index (χ1n) is 8.72. The second-order valence-corrected chi connectivity index (χ2v) is 6.93. The number of rotatable bonds is 5. The molecule has 0 saturated carbocycles. The second-order valence-electron chi connectivity index (χ2n) is 6.93. The molecule has 4 rings (SSSR count). The van der Waals surface area contributed by atoms with E-state index in [4.69, 9.17) is 9.47 Å². The molecule has 0 unspecified atom stereocenters. The molecule has 0 fully saturated rings. The Hall–Kier alpha value is -2.08. The Labute approximate surface area is 142 Å². The fraction of sp³-hybridized carbons (Fsp3) is 0.556. The molecule has 0 aliphatic carbocycles. The standard InChI is InChI=1S/C18H24N4O2/c1-12(2)18-21-20-16-7-6-13(10-22(16)18)8-19-9-14-4-3-5-15-17(14)24-11-23-15/h3-5,12-13,19H,6-11H2,1-2H3/t13-/m0/s1. The number of hydrogen-bond donors (Lipinski definition) is 1. The Bertz CT molecular complexity index is 726. The highest BCUT2D eigenvalue weighted by Gasteiger charge is 2.24. The Balaban J connectivity index is 1.36. The monoisotopic (exact) mass is 328 g/mol. The smallest absolute Gasteiger partial charge is 0.231 e. The van der Waals surface area contributed by atoms with Crippen LogP contribution in [-0.4, -0.2) is 28.1 Å². The van der Waals surface area contributed by atoms with Gasteiger partial charge in [-0.1, -0.05) is 26.0 Å². The topological polar surface area (TPSA) is 61.2 Å². The van der Waals surface area contributed by atoms with Crippen molar-refractivity contribution in [2.24, 2.45) is 5.92 Å². The van der Waals surface area contributed by atoms with Crippen LogP contribution >= 0.6 is 0 Å². The van der Waals surface area contributed by atoms with E-state index in [1.807, 2.05) is 12.1 Å². The fourth-order valence-corrected chi connectivity index (χ4v) is 3.55. The van der Waals surface area contributed by atoms with Crippen molar-refractivity contribution in [3.8, 4) is 11.5 Å². The summed E-state index contributed by atoms with van der Waals surface area (Å²) in [6, 6.07) is 6.06. The van der Waals surface area contributed by atoms with Gasteiger partial charge >= 0.3 is 0 Å². The highest BCUT2D eigenvalue weighted by molar-refractivity contribution is 5.48. The summed E-state index contributed by atoms with van der Waals surface area (Å²) in [5, 5.41) is 12.3. The van der Waals surface area contributed by atoms with E-state index in [0.29, 0.717) is 18.6 Å². The van der Waals surface area contributed by atoms with Crippen molar-refractivity contribution in [1.82, 2.24) is 20.1 Å². The normalized spacial score (nSPS) is 18.9. The van der Waals surface area contributed by atoms with E-state index in [0.717, 1.165) is 61.2 Å². The van der Waals surface area contributed by atoms with E-state index in [1.165, 1.54) is 0 Å². The Kier molecular flexibility index (Phi) is 4.14. The first-order valence-corrected chi connectivity index (χ1v) is 8.72. The van der Waals surface area contributed by atoms with Gasteiger partial charge in [-0.2, -0.15) is 0 Å². The molecule has 0 spiro atoms. The third-order valence-electron chi connectivity index (χ3n) is 4.82. The van der Waals surface area contributed by atoms with Crippen LogP contribution in [0.4, 0.5) is 0 Å². The zero-order chi connectivity index (χ0) is 16.5. The molecule has 1 aromatic carbocycles. The van der Waals surface area contributed by atoms with E-state index >= 15 is 0 Å². The van der Waals surface area contributed by atoms with Gasteiger partial charge in [-0.15, -0.1) is 10.2 Å². The lowest BCUT2D eigenvalue weighted by Crippen LogP contribution is -2.30. The van der Waals surface area contributed by atoms with Crippen LogP contribution < -0.4 is 14.8 Å². The number of aryl methyl sites for hydroxylation is 1. The van der Waals surface area contributed by atoms with Gasteiger partial charge in [-0.3, -0.25) is 0 Å². The molecule has 2 aliphatic rings. The van der Waals surface area contributed by atoms with Gasteiger partial charge in [-0.05, 0) is 24.9 Å². The van der Waals surface area contributed by atoms with Crippen LogP contribution in [0.2, 0.25) is 0 Å². The molecular formula is C18H24N4O2. The van der Waals surface area contributed by atoms with Crippen LogP contribution in [0.15, 0.2) is 18.2 Å². The first-order chi connectivity index (χ1) is 11.7. The molecule has 1 aromatic heterocycles. The summed E-state index contributed by atoms with van der Waals surface area (Å²) in [6.07, 6.45) is 2.18. The average molecular weight is 328 g/mol. The molecular weight excluding hydrogens is 304 g/mol. The van der Waals surface area contributed by atoms with Gasteiger partial charge in [0.05, 0.1) is 0 Å². The maximum Gasteiger partial charge on any atom is 0.231 e. The highest BCUT2D eigenvalue weighted by Crippen LogP contribution is 2.35. The summed E-state index contributed by atoms with van der Waals surface area (Å²) in [7, 11) is 0. The van der Waals surface area contributed by atoms with Gasteiger partial charge in [-0.25, -0.2) is 0 Å². The van der Waals surface area contributed by atoms with Crippen LogP contribution in [0, 0.1) is 5.92 Å². The molecule has 1 atom stereocenters. The van der Waals surface area contributed by atoms with Crippen molar-refractivity contribution in [3.05, 3.63) is 35.4 Å². The van der Waals surface area contributed by atoms with E-state index in [1.54, 1.807) is 0 Å². The van der Waals surface area contributed by atoms with Crippen molar-refractivity contribution < 1.29 is 9.47 Å². The minimum Gasteiger partial charge on any atom is -0.454 e. The maximum atomic E-state index is 5.57. The molecule has 3 heterocycles.